The first-order valence-corrected chi connectivity index (χ1v) is 15.6. The van der Waals surface area contributed by atoms with Gasteiger partial charge in [-0.15, -0.1) is 0 Å². The summed E-state index contributed by atoms with van der Waals surface area (Å²) in [6.07, 6.45) is -4.78. The number of rotatable bonds is 8. The van der Waals surface area contributed by atoms with E-state index in [1.807, 2.05) is 19.6 Å². The van der Waals surface area contributed by atoms with Crippen LogP contribution in [0.4, 0.5) is 13.2 Å². The molecule has 0 radical (unpaired) electrons. The molecule has 1 rings (SSSR count). The lowest BCUT2D eigenvalue weighted by Crippen LogP contribution is -2.68. The van der Waals surface area contributed by atoms with Crippen molar-refractivity contribution < 1.29 is 26.8 Å². The Labute approximate surface area is 157 Å². The topological polar surface area (TPSA) is 27.7 Å². The third-order valence-corrected chi connectivity index (χ3v) is 5.55. The summed E-state index contributed by atoms with van der Waals surface area (Å²) < 4.78 is 61.1. The third-order valence-electron chi connectivity index (χ3n) is 3.63. The lowest BCUT2D eigenvalue weighted by Gasteiger charge is -2.52. The van der Waals surface area contributed by atoms with Gasteiger partial charge >= 0.3 is 6.18 Å². The predicted molar refractivity (Wildman–Crippen MR) is 103 cm³/mol. The minimum absolute atomic E-state index is 0.151. The molecule has 0 heterocycles. The minimum Gasteiger partial charge on any atom is -0.403 e. The van der Waals surface area contributed by atoms with Crippen LogP contribution in [-0.4, -0.2) is 35.2 Å². The summed E-state index contributed by atoms with van der Waals surface area (Å²) in [7, 11) is -5.08. The summed E-state index contributed by atoms with van der Waals surface area (Å²) in [4.78, 5) is 0. The highest BCUT2D eigenvalue weighted by atomic mass is 28.4. The van der Waals surface area contributed by atoms with E-state index in [2.05, 4.69) is 0 Å². The van der Waals surface area contributed by atoms with Crippen LogP contribution in [0, 0.1) is 0 Å². The molecule has 2 atom stereocenters. The van der Waals surface area contributed by atoms with Crippen LogP contribution in [0.1, 0.15) is 19.4 Å². The first kappa shape index (κ1) is 23.4. The molecule has 0 N–H and O–H groups in total. The highest BCUT2D eigenvalue weighted by Gasteiger charge is 2.71. The van der Waals surface area contributed by atoms with Gasteiger partial charge in [-0.3, -0.25) is 0 Å². The largest absolute Gasteiger partial charge is 0.445 e. The molecule has 0 saturated carbocycles. The minimum atomic E-state index is -4.78. The molecule has 0 aliphatic rings. The maximum absolute atomic E-state index is 14.6. The number of alkyl halides is 3. The van der Waals surface area contributed by atoms with Crippen LogP contribution < -0.4 is 0 Å². The summed E-state index contributed by atoms with van der Waals surface area (Å²) in [5.41, 5.74) is -1.46. The van der Waals surface area contributed by atoms with Crippen LogP contribution in [0.25, 0.3) is 0 Å². The molecule has 0 fully saturated rings. The van der Waals surface area contributed by atoms with E-state index in [0.29, 0.717) is 5.56 Å². The highest BCUT2D eigenvalue weighted by molar-refractivity contribution is 6.70. The number of hydrogen-bond acceptors (Lipinski definition) is 3. The molecule has 0 amide bonds. The first-order valence-electron chi connectivity index (χ1n) is 8.74. The van der Waals surface area contributed by atoms with E-state index in [0.717, 1.165) is 0 Å². The van der Waals surface area contributed by atoms with Gasteiger partial charge in [-0.25, -0.2) is 0 Å². The maximum Gasteiger partial charge on any atom is 0.445 e. The third kappa shape index (κ3) is 5.19. The van der Waals surface area contributed by atoms with Crippen molar-refractivity contribution in [1.82, 2.24) is 0 Å². The molecule has 0 aliphatic carbocycles. The molecular formula is C18H31F3O3Si2. The lowest BCUT2D eigenvalue weighted by atomic mass is 9.86. The van der Waals surface area contributed by atoms with Crippen LogP contribution in [0.15, 0.2) is 30.3 Å². The van der Waals surface area contributed by atoms with Crippen LogP contribution in [-0.2, 0) is 19.2 Å². The molecule has 0 spiro atoms. The average Bonchev–Trinajstić information content (AvgIpc) is 2.43. The zero-order valence-electron chi connectivity index (χ0n) is 17.0. The molecule has 0 aromatic heterocycles. The Bertz CT molecular complexity index is 582. The van der Waals surface area contributed by atoms with Crippen LogP contribution in [0.3, 0.4) is 0 Å². The summed E-state index contributed by atoms with van der Waals surface area (Å²) in [5, 5.41) is 0. The van der Waals surface area contributed by atoms with Crippen molar-refractivity contribution in [3.8, 4) is 0 Å². The van der Waals surface area contributed by atoms with Crippen molar-refractivity contribution >= 4 is 16.6 Å². The van der Waals surface area contributed by atoms with E-state index in [9.17, 15) is 13.2 Å². The average molecular weight is 409 g/mol. The molecule has 0 bridgehead atoms. The second-order valence-electron chi connectivity index (χ2n) is 8.38. The summed E-state index contributed by atoms with van der Waals surface area (Å²) in [6, 6.07) is 8.42. The van der Waals surface area contributed by atoms with Gasteiger partial charge in [0.05, 0.1) is 0 Å². The predicted octanol–water partition coefficient (Wildman–Crippen LogP) is 5.90. The van der Waals surface area contributed by atoms with E-state index in [1.165, 1.54) is 13.8 Å². The van der Waals surface area contributed by atoms with Gasteiger partial charge in [0.25, 0.3) is 5.79 Å². The van der Waals surface area contributed by atoms with Crippen molar-refractivity contribution in [3.05, 3.63) is 35.9 Å². The molecule has 2 unspecified atom stereocenters. The summed E-state index contributed by atoms with van der Waals surface area (Å²) in [6.45, 7) is 13.5. The van der Waals surface area contributed by atoms with E-state index in [-0.39, 0.29) is 6.61 Å². The Balaban J connectivity index is 3.81. The van der Waals surface area contributed by atoms with Crippen molar-refractivity contribution in [2.75, 3.05) is 6.61 Å². The number of hydrogen-bond donors (Lipinski definition) is 0. The molecular weight excluding hydrogens is 377 g/mol. The van der Waals surface area contributed by atoms with Gasteiger partial charge in [-0.2, -0.15) is 13.2 Å². The van der Waals surface area contributed by atoms with E-state index >= 15 is 0 Å². The van der Waals surface area contributed by atoms with Gasteiger partial charge in [0, 0.05) is 6.61 Å². The van der Waals surface area contributed by atoms with Gasteiger partial charge in [0.1, 0.15) is 5.60 Å². The van der Waals surface area contributed by atoms with Crippen molar-refractivity contribution in [3.63, 3.8) is 0 Å². The molecule has 0 saturated heterocycles. The van der Waals surface area contributed by atoms with Crippen molar-refractivity contribution in [2.24, 2.45) is 0 Å². The van der Waals surface area contributed by atoms with Gasteiger partial charge in [-0.1, -0.05) is 30.3 Å². The molecule has 3 nitrogen and oxygen atoms in total. The van der Waals surface area contributed by atoms with Crippen LogP contribution >= 0.6 is 0 Å². The quantitative estimate of drug-likeness (QED) is 0.396. The first-order chi connectivity index (χ1) is 11.6. The van der Waals surface area contributed by atoms with Gasteiger partial charge in [-0.05, 0) is 58.7 Å². The van der Waals surface area contributed by atoms with Crippen molar-refractivity contribution in [2.45, 2.75) is 70.7 Å². The number of ether oxygens (including phenoxy) is 1. The Morgan fingerprint density at radius 3 is 1.65 bits per heavy atom. The molecule has 150 valence electrons. The van der Waals surface area contributed by atoms with Gasteiger partial charge in [0.2, 0.25) is 0 Å². The molecule has 1 aromatic carbocycles. The number of halogens is 3. The van der Waals surface area contributed by atoms with E-state index < -0.39 is 34.2 Å². The van der Waals surface area contributed by atoms with Crippen LogP contribution in [0.2, 0.25) is 39.3 Å². The highest BCUT2D eigenvalue weighted by Crippen LogP contribution is 2.52. The van der Waals surface area contributed by atoms with Gasteiger partial charge in [0.15, 0.2) is 16.6 Å². The monoisotopic (exact) mass is 408 g/mol. The zero-order chi connectivity index (χ0) is 20.4. The fourth-order valence-corrected chi connectivity index (χ4v) is 5.70. The Hall–Kier alpha value is -0.676. The molecule has 26 heavy (non-hydrogen) atoms. The second-order valence-corrected chi connectivity index (χ2v) is 17.2. The molecule has 1 aromatic rings. The second kappa shape index (κ2) is 7.75. The summed E-state index contributed by atoms with van der Waals surface area (Å²) in [5.74, 6) is -2.89. The van der Waals surface area contributed by atoms with E-state index in [4.69, 9.17) is 13.6 Å². The fraction of sp³-hybridized carbons (Fsp3) is 0.667. The normalized spacial score (nSPS) is 18.3. The number of benzene rings is 1. The van der Waals surface area contributed by atoms with Gasteiger partial charge < -0.3 is 13.6 Å². The summed E-state index contributed by atoms with van der Waals surface area (Å²) >= 11 is 0. The smallest absolute Gasteiger partial charge is 0.403 e. The van der Waals surface area contributed by atoms with Crippen LogP contribution in [0.5, 0.6) is 0 Å². The zero-order valence-corrected chi connectivity index (χ0v) is 19.0. The lowest BCUT2D eigenvalue weighted by molar-refractivity contribution is -0.407. The molecule has 8 heteroatoms. The maximum atomic E-state index is 14.6. The Kier molecular flexibility index (Phi) is 6.96. The van der Waals surface area contributed by atoms with Crippen molar-refractivity contribution in [1.29, 1.82) is 0 Å². The fourth-order valence-electron chi connectivity index (χ4n) is 2.99. The SMILES string of the molecule is CCOC(O[Si](C)(C)C)(C(F)(F)F)C(C)(O[Si](C)(C)C)c1ccccc1. The molecule has 0 aliphatic heterocycles. The standard InChI is InChI=1S/C18H31F3O3Si2/c1-9-22-17(18(19,20)21,24-26(6,7)8)16(2,23-25(3,4)5)15-13-11-10-12-14-15/h10-14H,9H2,1-8H3. The Morgan fingerprint density at radius 2 is 1.31 bits per heavy atom. The Morgan fingerprint density at radius 1 is 0.846 bits per heavy atom. The van der Waals surface area contributed by atoms with E-state index in [1.54, 1.807) is 50.0 Å².